The van der Waals surface area contributed by atoms with Crippen LogP contribution in [0.1, 0.15) is 36.8 Å². The fourth-order valence-electron chi connectivity index (χ4n) is 3.00. The molecular weight excluding hydrogens is 334 g/mol. The lowest BCUT2D eigenvalue weighted by molar-refractivity contribution is -0.117. The molecule has 0 fully saturated rings. The minimum Gasteiger partial charge on any atom is -0.457 e. The Kier molecular flexibility index (Phi) is 6.26. The van der Waals surface area contributed by atoms with E-state index in [2.05, 4.69) is 12.2 Å². The summed E-state index contributed by atoms with van der Waals surface area (Å²) in [6, 6.07) is 25.3. The molecule has 1 atom stereocenters. The summed E-state index contributed by atoms with van der Waals surface area (Å²) in [7, 11) is 0. The minimum atomic E-state index is -0.139. The SMILES string of the molecule is CCC[C@@H](C(=O)Nc1ccc(Oc2ccc(C)cc2)cc1)c1ccccc1. The van der Waals surface area contributed by atoms with Crippen molar-refractivity contribution in [1.29, 1.82) is 0 Å². The van der Waals surface area contributed by atoms with Crippen LogP contribution in [-0.4, -0.2) is 5.91 Å². The van der Waals surface area contributed by atoms with Crippen LogP contribution < -0.4 is 10.1 Å². The first-order valence-corrected chi connectivity index (χ1v) is 9.36. The Hall–Kier alpha value is -3.07. The largest absolute Gasteiger partial charge is 0.457 e. The molecule has 0 saturated carbocycles. The van der Waals surface area contributed by atoms with Crippen LogP contribution in [0.3, 0.4) is 0 Å². The van der Waals surface area contributed by atoms with Gasteiger partial charge < -0.3 is 10.1 Å². The number of rotatable bonds is 7. The molecule has 3 aromatic rings. The number of aryl methyl sites for hydroxylation is 1. The van der Waals surface area contributed by atoms with Gasteiger partial charge in [-0.1, -0.05) is 61.4 Å². The van der Waals surface area contributed by atoms with E-state index in [4.69, 9.17) is 4.74 Å². The maximum absolute atomic E-state index is 12.8. The molecule has 3 rings (SSSR count). The summed E-state index contributed by atoms with van der Waals surface area (Å²) in [6.07, 6.45) is 1.78. The molecule has 0 radical (unpaired) electrons. The van der Waals surface area contributed by atoms with Crippen molar-refractivity contribution in [3.63, 3.8) is 0 Å². The number of nitrogens with one attached hydrogen (secondary N) is 1. The van der Waals surface area contributed by atoms with E-state index in [0.29, 0.717) is 0 Å². The van der Waals surface area contributed by atoms with Crippen molar-refractivity contribution in [3.8, 4) is 11.5 Å². The van der Waals surface area contributed by atoms with E-state index in [-0.39, 0.29) is 11.8 Å². The van der Waals surface area contributed by atoms with E-state index in [9.17, 15) is 4.79 Å². The lowest BCUT2D eigenvalue weighted by Crippen LogP contribution is -2.21. The third kappa shape index (κ3) is 5.20. The van der Waals surface area contributed by atoms with Gasteiger partial charge in [-0.3, -0.25) is 4.79 Å². The molecule has 3 aromatic carbocycles. The van der Waals surface area contributed by atoms with E-state index < -0.39 is 0 Å². The monoisotopic (exact) mass is 359 g/mol. The lowest BCUT2D eigenvalue weighted by atomic mass is 9.93. The van der Waals surface area contributed by atoms with Gasteiger partial charge in [0.1, 0.15) is 11.5 Å². The van der Waals surface area contributed by atoms with Crippen molar-refractivity contribution in [3.05, 3.63) is 90.0 Å². The van der Waals surface area contributed by atoms with Gasteiger partial charge in [-0.15, -0.1) is 0 Å². The number of carbonyl (C=O) groups excluding carboxylic acids is 1. The first-order chi connectivity index (χ1) is 13.2. The number of carbonyl (C=O) groups is 1. The molecule has 27 heavy (non-hydrogen) atoms. The quantitative estimate of drug-likeness (QED) is 0.537. The first kappa shape index (κ1) is 18.7. The molecule has 0 aliphatic heterocycles. The second kappa shape index (κ2) is 9.04. The zero-order valence-corrected chi connectivity index (χ0v) is 15.8. The summed E-state index contributed by atoms with van der Waals surface area (Å²) >= 11 is 0. The second-order valence-electron chi connectivity index (χ2n) is 6.68. The van der Waals surface area contributed by atoms with Crippen molar-refractivity contribution in [2.45, 2.75) is 32.6 Å². The predicted octanol–water partition coefficient (Wildman–Crippen LogP) is 6.31. The van der Waals surface area contributed by atoms with E-state index in [1.54, 1.807) is 0 Å². The Bertz CT molecular complexity index is 855. The smallest absolute Gasteiger partial charge is 0.231 e. The number of hydrogen-bond donors (Lipinski definition) is 1. The van der Waals surface area contributed by atoms with Gasteiger partial charge in [-0.05, 0) is 55.3 Å². The Labute approximate surface area is 161 Å². The van der Waals surface area contributed by atoms with Crippen LogP contribution in [0.5, 0.6) is 11.5 Å². The minimum absolute atomic E-state index is 0.0234. The summed E-state index contributed by atoms with van der Waals surface area (Å²) in [5, 5.41) is 3.03. The molecule has 1 amide bonds. The normalized spacial score (nSPS) is 11.6. The third-order valence-corrected chi connectivity index (χ3v) is 4.47. The Morgan fingerprint density at radius 2 is 1.48 bits per heavy atom. The average molecular weight is 359 g/mol. The Morgan fingerprint density at radius 3 is 2.07 bits per heavy atom. The van der Waals surface area contributed by atoms with Gasteiger partial charge in [-0.2, -0.15) is 0 Å². The molecule has 0 aromatic heterocycles. The molecule has 0 heterocycles. The molecule has 3 nitrogen and oxygen atoms in total. The number of hydrogen-bond acceptors (Lipinski definition) is 2. The van der Waals surface area contributed by atoms with Crippen molar-refractivity contribution in [2.75, 3.05) is 5.32 Å². The van der Waals surface area contributed by atoms with Gasteiger partial charge >= 0.3 is 0 Å². The lowest BCUT2D eigenvalue weighted by Gasteiger charge is -2.17. The predicted molar refractivity (Wildman–Crippen MR) is 110 cm³/mol. The molecule has 0 aliphatic rings. The molecule has 1 N–H and O–H groups in total. The van der Waals surface area contributed by atoms with E-state index >= 15 is 0 Å². The summed E-state index contributed by atoms with van der Waals surface area (Å²) in [5.41, 5.74) is 3.02. The van der Waals surface area contributed by atoms with Crippen molar-refractivity contribution in [2.24, 2.45) is 0 Å². The molecule has 138 valence electrons. The first-order valence-electron chi connectivity index (χ1n) is 9.36. The van der Waals surface area contributed by atoms with Crippen molar-refractivity contribution >= 4 is 11.6 Å². The maximum Gasteiger partial charge on any atom is 0.231 e. The van der Waals surface area contributed by atoms with Gasteiger partial charge in [0.25, 0.3) is 0 Å². The molecule has 0 aliphatic carbocycles. The summed E-state index contributed by atoms with van der Waals surface area (Å²) in [5.74, 6) is 1.42. The highest BCUT2D eigenvalue weighted by molar-refractivity contribution is 5.95. The van der Waals surface area contributed by atoms with Crippen LogP contribution in [0.2, 0.25) is 0 Å². The highest BCUT2D eigenvalue weighted by atomic mass is 16.5. The maximum atomic E-state index is 12.8. The van der Waals surface area contributed by atoms with Crippen LogP contribution in [0.25, 0.3) is 0 Å². The van der Waals surface area contributed by atoms with Crippen LogP contribution in [0, 0.1) is 6.92 Å². The Balaban J connectivity index is 1.66. The summed E-state index contributed by atoms with van der Waals surface area (Å²) < 4.78 is 5.84. The van der Waals surface area contributed by atoms with Gasteiger partial charge in [0.2, 0.25) is 5.91 Å². The van der Waals surface area contributed by atoms with Crippen LogP contribution in [-0.2, 0) is 4.79 Å². The zero-order valence-electron chi connectivity index (χ0n) is 15.8. The van der Waals surface area contributed by atoms with Gasteiger partial charge in [0.05, 0.1) is 5.92 Å². The molecule has 3 heteroatoms. The fraction of sp³-hybridized carbons (Fsp3) is 0.208. The highest BCUT2D eigenvalue weighted by Crippen LogP contribution is 2.26. The highest BCUT2D eigenvalue weighted by Gasteiger charge is 2.19. The topological polar surface area (TPSA) is 38.3 Å². The second-order valence-corrected chi connectivity index (χ2v) is 6.68. The average Bonchev–Trinajstić information content (AvgIpc) is 2.70. The molecule has 0 bridgehead atoms. The molecule has 0 saturated heterocycles. The summed E-state index contributed by atoms with van der Waals surface area (Å²) in [4.78, 5) is 12.8. The van der Waals surface area contributed by atoms with E-state index in [1.807, 2.05) is 85.8 Å². The van der Waals surface area contributed by atoms with Crippen LogP contribution >= 0.6 is 0 Å². The van der Waals surface area contributed by atoms with E-state index in [0.717, 1.165) is 35.6 Å². The van der Waals surface area contributed by atoms with Gasteiger partial charge in [0.15, 0.2) is 0 Å². The zero-order chi connectivity index (χ0) is 19.1. The third-order valence-electron chi connectivity index (χ3n) is 4.47. The number of ether oxygens (including phenoxy) is 1. The van der Waals surface area contributed by atoms with Crippen molar-refractivity contribution < 1.29 is 9.53 Å². The Morgan fingerprint density at radius 1 is 0.889 bits per heavy atom. The van der Waals surface area contributed by atoms with Gasteiger partial charge in [0, 0.05) is 5.69 Å². The number of benzene rings is 3. The van der Waals surface area contributed by atoms with Gasteiger partial charge in [-0.25, -0.2) is 0 Å². The molecule has 0 unspecified atom stereocenters. The summed E-state index contributed by atoms with van der Waals surface area (Å²) in [6.45, 7) is 4.14. The molecule has 0 spiro atoms. The van der Waals surface area contributed by atoms with Crippen LogP contribution in [0.4, 0.5) is 5.69 Å². The van der Waals surface area contributed by atoms with Crippen molar-refractivity contribution in [1.82, 2.24) is 0 Å². The number of anilines is 1. The van der Waals surface area contributed by atoms with E-state index in [1.165, 1.54) is 5.56 Å². The number of amides is 1. The molecular formula is C24H25NO2. The van der Waals surface area contributed by atoms with Crippen LogP contribution in [0.15, 0.2) is 78.9 Å². The fourth-order valence-corrected chi connectivity index (χ4v) is 3.00. The standard InChI is InChI=1S/C24H25NO2/c1-3-7-23(19-8-5-4-6-9-19)24(26)25-20-12-16-22(17-13-20)27-21-14-10-18(2)11-15-21/h4-6,8-17,23H,3,7H2,1-2H3,(H,25,26)/t23-/m1/s1.